The van der Waals surface area contributed by atoms with Crippen LogP contribution in [0.3, 0.4) is 0 Å². The average Bonchev–Trinajstić information content (AvgIpc) is 2.65. The Labute approximate surface area is 162 Å². The molecule has 2 nitrogen and oxygen atoms in total. The molecule has 4 heteroatoms. The van der Waals surface area contributed by atoms with Gasteiger partial charge in [-0.1, -0.05) is 76.6 Å². The molecule has 3 rings (SSSR count). The van der Waals surface area contributed by atoms with E-state index in [0.29, 0.717) is 0 Å². The molecule has 0 fully saturated rings. The molecule has 0 bridgehead atoms. The van der Waals surface area contributed by atoms with Crippen molar-refractivity contribution in [3.05, 3.63) is 101 Å². The van der Waals surface area contributed by atoms with Gasteiger partial charge < -0.3 is 10.2 Å². The van der Waals surface area contributed by atoms with E-state index in [2.05, 4.69) is 74.7 Å². The molecule has 0 atom stereocenters. The third kappa shape index (κ3) is 5.41. The number of nitrogens with one attached hydrogen (secondary N) is 1. The van der Waals surface area contributed by atoms with Crippen LogP contribution in [0.4, 0.5) is 5.69 Å². The first-order valence-corrected chi connectivity index (χ1v) is 9.30. The van der Waals surface area contributed by atoms with Crippen LogP contribution in [0, 0.1) is 0 Å². The predicted octanol–water partition coefficient (Wildman–Crippen LogP) is 5.85. The first-order chi connectivity index (χ1) is 12.2. The lowest BCUT2D eigenvalue weighted by molar-refractivity contribution is 0.413. The van der Waals surface area contributed by atoms with Gasteiger partial charge in [-0.2, -0.15) is 0 Å². The van der Waals surface area contributed by atoms with Gasteiger partial charge in [-0.25, -0.2) is 0 Å². The second-order valence-corrected chi connectivity index (χ2v) is 7.07. The van der Waals surface area contributed by atoms with Crippen molar-refractivity contribution in [2.24, 2.45) is 0 Å². The minimum Gasteiger partial charge on any atom is -0.340 e. The van der Waals surface area contributed by atoms with Gasteiger partial charge >= 0.3 is 0 Å². The summed E-state index contributed by atoms with van der Waals surface area (Å²) < 4.78 is 1.05. The Bertz CT molecular complexity index is 763. The van der Waals surface area contributed by atoms with E-state index in [1.54, 1.807) is 0 Å². The van der Waals surface area contributed by atoms with Gasteiger partial charge in [-0.15, -0.1) is 0 Å². The monoisotopic (exact) mass is 410 g/mol. The molecular formula is C21H19BrN2S. The molecule has 0 aliphatic heterocycles. The highest BCUT2D eigenvalue weighted by Crippen LogP contribution is 2.16. The van der Waals surface area contributed by atoms with Crippen LogP contribution in [-0.2, 0) is 13.1 Å². The summed E-state index contributed by atoms with van der Waals surface area (Å²) >= 11 is 9.15. The van der Waals surface area contributed by atoms with Crippen molar-refractivity contribution in [3.8, 4) is 0 Å². The van der Waals surface area contributed by atoms with E-state index < -0.39 is 0 Å². The van der Waals surface area contributed by atoms with Crippen LogP contribution in [0.1, 0.15) is 11.1 Å². The van der Waals surface area contributed by atoms with Gasteiger partial charge in [0.15, 0.2) is 5.11 Å². The minimum atomic E-state index is 0.718. The molecule has 0 saturated heterocycles. The zero-order valence-electron chi connectivity index (χ0n) is 13.7. The van der Waals surface area contributed by atoms with Crippen molar-refractivity contribution in [1.82, 2.24) is 4.90 Å². The fourth-order valence-electron chi connectivity index (χ4n) is 2.54. The molecule has 0 aromatic heterocycles. The van der Waals surface area contributed by atoms with Gasteiger partial charge in [0, 0.05) is 23.2 Å². The molecule has 0 spiro atoms. The Kier molecular flexibility index (Phi) is 6.20. The van der Waals surface area contributed by atoms with Crippen molar-refractivity contribution < 1.29 is 0 Å². The second-order valence-electron chi connectivity index (χ2n) is 5.76. The third-order valence-electron chi connectivity index (χ3n) is 3.82. The van der Waals surface area contributed by atoms with E-state index in [1.807, 2.05) is 36.4 Å². The Morgan fingerprint density at radius 1 is 0.760 bits per heavy atom. The molecule has 0 saturated carbocycles. The lowest BCUT2D eigenvalue weighted by Gasteiger charge is -2.26. The van der Waals surface area contributed by atoms with Crippen LogP contribution in [-0.4, -0.2) is 10.0 Å². The van der Waals surface area contributed by atoms with Gasteiger partial charge in [0.2, 0.25) is 0 Å². The first kappa shape index (κ1) is 17.6. The number of hydrogen-bond donors (Lipinski definition) is 1. The predicted molar refractivity (Wildman–Crippen MR) is 112 cm³/mol. The number of thiocarbonyl (C=S) groups is 1. The summed E-state index contributed by atoms with van der Waals surface area (Å²) in [4.78, 5) is 2.18. The zero-order chi connectivity index (χ0) is 17.5. The maximum absolute atomic E-state index is 5.69. The summed E-state index contributed by atoms with van der Waals surface area (Å²) in [5.74, 6) is 0. The van der Waals surface area contributed by atoms with Crippen molar-refractivity contribution >= 4 is 38.9 Å². The van der Waals surface area contributed by atoms with Gasteiger partial charge in [-0.3, -0.25) is 0 Å². The fourth-order valence-corrected chi connectivity index (χ4v) is 3.05. The minimum absolute atomic E-state index is 0.718. The van der Waals surface area contributed by atoms with Gasteiger partial charge in [0.1, 0.15) is 0 Å². The molecule has 0 radical (unpaired) electrons. The molecule has 0 heterocycles. The fraction of sp³-hybridized carbons (Fsp3) is 0.0952. The molecule has 1 N–H and O–H groups in total. The Hall–Kier alpha value is -2.17. The molecule has 0 aliphatic carbocycles. The highest BCUT2D eigenvalue weighted by Gasteiger charge is 2.11. The topological polar surface area (TPSA) is 15.3 Å². The summed E-state index contributed by atoms with van der Waals surface area (Å²) in [6, 6.07) is 28.8. The van der Waals surface area contributed by atoms with Crippen molar-refractivity contribution in [2.75, 3.05) is 5.32 Å². The molecule has 0 aliphatic rings. The van der Waals surface area contributed by atoms with Crippen LogP contribution in [0.25, 0.3) is 0 Å². The maximum atomic E-state index is 5.69. The van der Waals surface area contributed by atoms with Crippen LogP contribution >= 0.6 is 28.1 Å². The summed E-state index contributed by atoms with van der Waals surface area (Å²) in [5.41, 5.74) is 3.45. The second kappa shape index (κ2) is 8.79. The SMILES string of the molecule is S=C(Nc1ccc(Br)cc1)N(Cc1ccccc1)Cc1ccccc1. The zero-order valence-corrected chi connectivity index (χ0v) is 16.1. The largest absolute Gasteiger partial charge is 0.340 e. The van der Waals surface area contributed by atoms with Crippen LogP contribution in [0.15, 0.2) is 89.4 Å². The number of nitrogens with zero attached hydrogens (tertiary/aromatic N) is 1. The van der Waals surface area contributed by atoms with Crippen LogP contribution < -0.4 is 5.32 Å². The standard InChI is InChI=1S/C21H19BrN2S/c22-19-11-13-20(14-12-19)23-21(25)24(15-17-7-3-1-4-8-17)16-18-9-5-2-6-10-18/h1-14H,15-16H2,(H,23,25). The van der Waals surface area contributed by atoms with Crippen molar-refractivity contribution in [1.29, 1.82) is 0 Å². The van der Waals surface area contributed by atoms with E-state index in [1.165, 1.54) is 11.1 Å². The van der Waals surface area contributed by atoms with E-state index in [9.17, 15) is 0 Å². The number of rotatable bonds is 5. The maximum Gasteiger partial charge on any atom is 0.174 e. The van der Waals surface area contributed by atoms with E-state index >= 15 is 0 Å². The average molecular weight is 411 g/mol. The molecule has 25 heavy (non-hydrogen) atoms. The molecular weight excluding hydrogens is 392 g/mol. The van der Waals surface area contributed by atoms with Crippen LogP contribution in [0.2, 0.25) is 0 Å². The summed E-state index contributed by atoms with van der Waals surface area (Å²) in [7, 11) is 0. The summed E-state index contributed by atoms with van der Waals surface area (Å²) in [6.45, 7) is 1.52. The molecule has 126 valence electrons. The highest BCUT2D eigenvalue weighted by molar-refractivity contribution is 9.10. The van der Waals surface area contributed by atoms with Crippen molar-refractivity contribution in [2.45, 2.75) is 13.1 Å². The summed E-state index contributed by atoms with van der Waals surface area (Å²) in [6.07, 6.45) is 0. The highest BCUT2D eigenvalue weighted by atomic mass is 79.9. The normalized spacial score (nSPS) is 10.3. The Morgan fingerprint density at radius 2 is 1.24 bits per heavy atom. The van der Waals surface area contributed by atoms with E-state index in [-0.39, 0.29) is 0 Å². The molecule has 0 unspecified atom stereocenters. The van der Waals surface area contributed by atoms with E-state index in [4.69, 9.17) is 12.2 Å². The Balaban J connectivity index is 1.76. The lowest BCUT2D eigenvalue weighted by atomic mass is 10.2. The number of anilines is 1. The van der Waals surface area contributed by atoms with Gasteiger partial charge in [0.25, 0.3) is 0 Å². The quantitative estimate of drug-likeness (QED) is 0.531. The molecule has 3 aromatic carbocycles. The first-order valence-electron chi connectivity index (χ1n) is 8.10. The Morgan fingerprint density at radius 3 is 1.72 bits per heavy atom. The third-order valence-corrected chi connectivity index (χ3v) is 4.70. The molecule has 3 aromatic rings. The van der Waals surface area contributed by atoms with Gasteiger partial charge in [-0.05, 0) is 47.6 Å². The van der Waals surface area contributed by atoms with Crippen LogP contribution in [0.5, 0.6) is 0 Å². The summed E-state index contributed by atoms with van der Waals surface area (Å²) in [5, 5.41) is 4.06. The smallest absolute Gasteiger partial charge is 0.174 e. The number of benzene rings is 3. The number of hydrogen-bond acceptors (Lipinski definition) is 1. The van der Waals surface area contributed by atoms with E-state index in [0.717, 1.165) is 28.4 Å². The van der Waals surface area contributed by atoms with Crippen molar-refractivity contribution in [3.63, 3.8) is 0 Å². The number of halogens is 1. The van der Waals surface area contributed by atoms with Gasteiger partial charge in [0.05, 0.1) is 0 Å². The lowest BCUT2D eigenvalue weighted by Crippen LogP contribution is -2.33. The molecule has 0 amide bonds.